The number of nitrogens with zero attached hydrogens (tertiary/aromatic N) is 1. The Labute approximate surface area is 144 Å². The van der Waals surface area contributed by atoms with Crippen LogP contribution in [0.1, 0.15) is 11.1 Å². The van der Waals surface area contributed by atoms with E-state index in [2.05, 4.69) is 5.32 Å². The van der Waals surface area contributed by atoms with Crippen molar-refractivity contribution in [1.82, 2.24) is 0 Å². The van der Waals surface area contributed by atoms with Crippen molar-refractivity contribution in [1.29, 1.82) is 0 Å². The molecular weight excluding hydrogens is 328 g/mol. The number of anilines is 1. The zero-order valence-electron chi connectivity index (χ0n) is 13.7. The van der Waals surface area contributed by atoms with E-state index in [0.29, 0.717) is 5.75 Å². The molecule has 0 aliphatic rings. The third-order valence-electron chi connectivity index (χ3n) is 3.52. The van der Waals surface area contributed by atoms with Gasteiger partial charge in [-0.3, -0.25) is 14.9 Å². The second-order valence-corrected chi connectivity index (χ2v) is 6.27. The molecule has 2 rings (SSSR count). The number of methoxy groups -OCH3 is 1. The molecular formula is C17H18N2O4S. The van der Waals surface area contributed by atoms with Crippen LogP contribution in [0.4, 0.5) is 11.4 Å². The van der Waals surface area contributed by atoms with E-state index >= 15 is 0 Å². The lowest BCUT2D eigenvalue weighted by Gasteiger charge is -2.10. The number of thioether (sulfide) groups is 1. The van der Waals surface area contributed by atoms with Crippen LogP contribution < -0.4 is 10.1 Å². The summed E-state index contributed by atoms with van der Waals surface area (Å²) >= 11 is 1.41. The fourth-order valence-corrected chi connectivity index (χ4v) is 2.84. The molecule has 0 fully saturated rings. The fourth-order valence-electron chi connectivity index (χ4n) is 2.05. The lowest BCUT2D eigenvalue weighted by Crippen LogP contribution is -2.14. The quantitative estimate of drug-likeness (QED) is 0.486. The summed E-state index contributed by atoms with van der Waals surface area (Å²) in [6.45, 7) is 4.05. The van der Waals surface area contributed by atoms with Crippen LogP contribution in [0.25, 0.3) is 0 Å². The Kier molecular flexibility index (Phi) is 5.81. The lowest BCUT2D eigenvalue weighted by atomic mass is 10.1. The van der Waals surface area contributed by atoms with Gasteiger partial charge >= 0.3 is 0 Å². The lowest BCUT2D eigenvalue weighted by molar-refractivity contribution is -0.384. The Hall–Kier alpha value is -2.54. The summed E-state index contributed by atoms with van der Waals surface area (Å²) in [5.74, 6) is 0.330. The number of nitrogens with one attached hydrogen (secondary N) is 1. The Morgan fingerprint density at radius 3 is 2.58 bits per heavy atom. The molecule has 0 saturated heterocycles. The van der Waals surface area contributed by atoms with E-state index in [-0.39, 0.29) is 23.0 Å². The number of nitro benzene ring substituents is 1. The summed E-state index contributed by atoms with van der Waals surface area (Å²) in [5, 5.41) is 13.5. The van der Waals surface area contributed by atoms with E-state index in [4.69, 9.17) is 4.74 Å². The molecule has 0 aliphatic heterocycles. The highest BCUT2D eigenvalue weighted by Crippen LogP contribution is 2.29. The molecule has 0 saturated carbocycles. The summed E-state index contributed by atoms with van der Waals surface area (Å²) in [5.41, 5.74) is 2.55. The molecule has 0 unspecified atom stereocenters. The number of hydrogen-bond acceptors (Lipinski definition) is 5. The second kappa shape index (κ2) is 7.83. The van der Waals surface area contributed by atoms with Crippen LogP contribution in [-0.4, -0.2) is 23.7 Å². The summed E-state index contributed by atoms with van der Waals surface area (Å²) in [6, 6.07) is 10.1. The molecule has 0 spiro atoms. The summed E-state index contributed by atoms with van der Waals surface area (Å²) < 4.78 is 5.13. The van der Waals surface area contributed by atoms with Crippen LogP contribution in [0.5, 0.6) is 5.75 Å². The summed E-state index contributed by atoms with van der Waals surface area (Å²) in [6.07, 6.45) is 0. The van der Waals surface area contributed by atoms with E-state index in [1.165, 1.54) is 48.2 Å². The topological polar surface area (TPSA) is 81.5 Å². The molecule has 2 aromatic rings. The first-order chi connectivity index (χ1) is 11.4. The predicted molar refractivity (Wildman–Crippen MR) is 94.9 cm³/mol. The first-order valence-corrected chi connectivity index (χ1v) is 8.21. The zero-order chi connectivity index (χ0) is 17.7. The Bertz CT molecular complexity index is 777. The average molecular weight is 346 g/mol. The monoisotopic (exact) mass is 346 g/mol. The molecule has 7 heteroatoms. The summed E-state index contributed by atoms with van der Waals surface area (Å²) in [4.78, 5) is 23.5. The maximum Gasteiger partial charge on any atom is 0.271 e. The van der Waals surface area contributed by atoms with Gasteiger partial charge in [0, 0.05) is 17.0 Å². The molecule has 126 valence electrons. The van der Waals surface area contributed by atoms with Crippen molar-refractivity contribution in [3.63, 3.8) is 0 Å². The van der Waals surface area contributed by atoms with E-state index in [1.807, 2.05) is 32.0 Å². The first-order valence-electron chi connectivity index (χ1n) is 7.23. The zero-order valence-corrected chi connectivity index (χ0v) is 14.5. The maximum absolute atomic E-state index is 12.1. The molecule has 6 nitrogen and oxygen atoms in total. The number of hydrogen-bond donors (Lipinski definition) is 1. The predicted octanol–water partition coefficient (Wildman–Crippen LogP) is 3.95. The number of carbonyl (C=O) groups is 1. The van der Waals surface area contributed by atoms with Crippen LogP contribution in [-0.2, 0) is 4.79 Å². The minimum Gasteiger partial charge on any atom is -0.495 e. The molecule has 2 aromatic carbocycles. The van der Waals surface area contributed by atoms with Gasteiger partial charge in [-0.25, -0.2) is 0 Å². The van der Waals surface area contributed by atoms with Gasteiger partial charge in [0.1, 0.15) is 5.75 Å². The average Bonchev–Trinajstić information content (AvgIpc) is 2.55. The smallest absolute Gasteiger partial charge is 0.271 e. The van der Waals surface area contributed by atoms with Crippen molar-refractivity contribution in [2.24, 2.45) is 0 Å². The number of benzene rings is 2. The normalized spacial score (nSPS) is 10.3. The molecule has 0 atom stereocenters. The second-order valence-electron chi connectivity index (χ2n) is 5.22. The van der Waals surface area contributed by atoms with Crippen molar-refractivity contribution in [3.8, 4) is 5.75 Å². The Balaban J connectivity index is 2.04. The minimum absolute atomic E-state index is 0.104. The highest BCUT2D eigenvalue weighted by Gasteiger charge is 2.14. The summed E-state index contributed by atoms with van der Waals surface area (Å²) in [7, 11) is 1.45. The van der Waals surface area contributed by atoms with Crippen molar-refractivity contribution < 1.29 is 14.5 Å². The van der Waals surface area contributed by atoms with Gasteiger partial charge in [0.2, 0.25) is 5.91 Å². The molecule has 1 amide bonds. The molecule has 0 radical (unpaired) electrons. The molecule has 0 heterocycles. The van der Waals surface area contributed by atoms with Gasteiger partial charge in [-0.2, -0.15) is 0 Å². The number of ether oxygens (including phenoxy) is 1. The Morgan fingerprint density at radius 1 is 1.21 bits per heavy atom. The third kappa shape index (κ3) is 4.48. The number of nitro groups is 1. The highest BCUT2D eigenvalue weighted by atomic mass is 32.2. The fraction of sp³-hybridized carbons (Fsp3) is 0.235. The minimum atomic E-state index is -0.515. The highest BCUT2D eigenvalue weighted by molar-refractivity contribution is 8.00. The van der Waals surface area contributed by atoms with Gasteiger partial charge in [-0.15, -0.1) is 11.8 Å². The van der Waals surface area contributed by atoms with Crippen LogP contribution in [0.3, 0.4) is 0 Å². The number of aryl methyl sites for hydroxylation is 2. The van der Waals surface area contributed by atoms with E-state index in [0.717, 1.165) is 4.90 Å². The van der Waals surface area contributed by atoms with Crippen LogP contribution >= 0.6 is 11.8 Å². The first kappa shape index (κ1) is 17.8. The van der Waals surface area contributed by atoms with E-state index in [9.17, 15) is 14.9 Å². The van der Waals surface area contributed by atoms with Crippen LogP contribution in [0, 0.1) is 24.0 Å². The van der Waals surface area contributed by atoms with Crippen molar-refractivity contribution in [3.05, 3.63) is 57.6 Å². The standard InChI is InChI=1S/C17H18N2O4S/c1-11-4-6-14(8-12(11)2)24-10-17(20)18-15-9-13(19(21)22)5-7-16(15)23-3/h4-9H,10H2,1-3H3,(H,18,20). The number of carbonyl (C=O) groups excluding carboxylic acids is 1. The van der Waals surface area contributed by atoms with Crippen LogP contribution in [0.15, 0.2) is 41.3 Å². The van der Waals surface area contributed by atoms with Gasteiger partial charge in [0.15, 0.2) is 0 Å². The van der Waals surface area contributed by atoms with Crippen molar-refractivity contribution in [2.45, 2.75) is 18.7 Å². The molecule has 0 aliphatic carbocycles. The van der Waals surface area contributed by atoms with Gasteiger partial charge in [-0.1, -0.05) is 6.07 Å². The van der Waals surface area contributed by atoms with Crippen molar-refractivity contribution >= 4 is 29.0 Å². The number of non-ortho nitro benzene ring substituents is 1. The Morgan fingerprint density at radius 2 is 1.96 bits per heavy atom. The van der Waals surface area contributed by atoms with E-state index in [1.54, 1.807) is 0 Å². The van der Waals surface area contributed by atoms with Gasteiger partial charge < -0.3 is 10.1 Å². The largest absolute Gasteiger partial charge is 0.495 e. The third-order valence-corrected chi connectivity index (χ3v) is 4.51. The molecule has 0 aromatic heterocycles. The molecule has 0 bridgehead atoms. The van der Waals surface area contributed by atoms with Crippen molar-refractivity contribution in [2.75, 3.05) is 18.2 Å². The maximum atomic E-state index is 12.1. The number of amides is 1. The SMILES string of the molecule is COc1ccc([N+](=O)[O-])cc1NC(=O)CSc1ccc(C)c(C)c1. The molecule has 24 heavy (non-hydrogen) atoms. The van der Waals surface area contributed by atoms with Crippen LogP contribution in [0.2, 0.25) is 0 Å². The van der Waals surface area contributed by atoms with Gasteiger partial charge in [-0.05, 0) is 43.2 Å². The van der Waals surface area contributed by atoms with E-state index < -0.39 is 4.92 Å². The van der Waals surface area contributed by atoms with Gasteiger partial charge in [0.05, 0.1) is 23.5 Å². The van der Waals surface area contributed by atoms with Gasteiger partial charge in [0.25, 0.3) is 5.69 Å². The number of rotatable bonds is 6. The molecule has 1 N–H and O–H groups in total.